The first-order valence-corrected chi connectivity index (χ1v) is 7.70. The van der Waals surface area contributed by atoms with E-state index in [1.807, 2.05) is 0 Å². The topological polar surface area (TPSA) is 68.0 Å². The van der Waals surface area contributed by atoms with Crippen LogP contribution in [0.5, 0.6) is 0 Å². The van der Waals surface area contributed by atoms with Gasteiger partial charge in [-0.25, -0.2) is 4.98 Å². The Balaban J connectivity index is 1.92. The molecule has 19 heavy (non-hydrogen) atoms. The van der Waals surface area contributed by atoms with E-state index < -0.39 is 0 Å². The maximum Gasteiger partial charge on any atom is 0.234 e. The fraction of sp³-hybridized carbons (Fsp3) is 0.0909. The van der Waals surface area contributed by atoms with Crippen LogP contribution in [-0.4, -0.2) is 16.6 Å². The third-order valence-electron chi connectivity index (χ3n) is 2.07. The summed E-state index contributed by atoms with van der Waals surface area (Å²) >= 11 is 14.6. The predicted octanol–water partition coefficient (Wildman–Crippen LogP) is 3.76. The third-order valence-corrected chi connectivity index (χ3v) is 4.91. The van der Waals surface area contributed by atoms with Crippen molar-refractivity contribution in [1.29, 1.82) is 0 Å². The molecule has 0 aliphatic carbocycles. The van der Waals surface area contributed by atoms with Crippen LogP contribution in [0.15, 0.2) is 28.6 Å². The lowest BCUT2D eigenvalue weighted by Crippen LogP contribution is -2.14. The fourth-order valence-corrected chi connectivity index (χ4v) is 3.17. The van der Waals surface area contributed by atoms with E-state index >= 15 is 0 Å². The van der Waals surface area contributed by atoms with Gasteiger partial charge in [0, 0.05) is 0 Å². The number of hydrogen-bond donors (Lipinski definition) is 2. The lowest BCUT2D eigenvalue weighted by atomic mass is 10.3. The summed E-state index contributed by atoms with van der Waals surface area (Å²) in [5.41, 5.74) is 6.01. The first-order valence-electron chi connectivity index (χ1n) is 5.14. The highest BCUT2D eigenvalue weighted by Gasteiger charge is 2.09. The molecule has 8 heteroatoms. The van der Waals surface area contributed by atoms with Crippen LogP contribution in [0.4, 0.5) is 10.8 Å². The van der Waals surface area contributed by atoms with Crippen molar-refractivity contribution < 1.29 is 4.79 Å². The number of nitrogens with two attached hydrogens (primary N) is 1. The summed E-state index contributed by atoms with van der Waals surface area (Å²) in [4.78, 5) is 15.7. The second kappa shape index (κ2) is 6.47. The smallest absolute Gasteiger partial charge is 0.234 e. The van der Waals surface area contributed by atoms with Gasteiger partial charge in [0.2, 0.25) is 5.91 Å². The van der Waals surface area contributed by atoms with Gasteiger partial charge in [-0.2, -0.15) is 0 Å². The van der Waals surface area contributed by atoms with Crippen LogP contribution in [-0.2, 0) is 4.79 Å². The van der Waals surface area contributed by atoms with Crippen LogP contribution >= 0.6 is 46.3 Å². The summed E-state index contributed by atoms with van der Waals surface area (Å²) in [6.45, 7) is 0. The molecule has 1 aromatic carbocycles. The first-order chi connectivity index (χ1) is 9.06. The number of hydrogen-bond acceptors (Lipinski definition) is 5. The minimum absolute atomic E-state index is 0.166. The van der Waals surface area contributed by atoms with Crippen molar-refractivity contribution in [3.8, 4) is 0 Å². The molecule has 0 radical (unpaired) electrons. The Kier molecular flexibility index (Phi) is 4.93. The number of benzene rings is 1. The lowest BCUT2D eigenvalue weighted by molar-refractivity contribution is -0.113. The van der Waals surface area contributed by atoms with Crippen molar-refractivity contribution in [3.05, 3.63) is 34.4 Å². The van der Waals surface area contributed by atoms with Crippen molar-refractivity contribution in [1.82, 2.24) is 4.98 Å². The SMILES string of the molecule is Nc1ncc(SCC(=O)Nc2cccc(Cl)c2Cl)s1. The normalized spacial score (nSPS) is 10.4. The molecule has 1 amide bonds. The average Bonchev–Trinajstić information content (AvgIpc) is 2.78. The van der Waals surface area contributed by atoms with E-state index in [-0.39, 0.29) is 11.7 Å². The zero-order valence-electron chi connectivity index (χ0n) is 9.52. The number of nitrogen functional groups attached to an aromatic ring is 1. The largest absolute Gasteiger partial charge is 0.375 e. The Bertz CT molecular complexity index is 603. The van der Waals surface area contributed by atoms with E-state index in [1.54, 1.807) is 24.4 Å². The Morgan fingerprint density at radius 2 is 2.26 bits per heavy atom. The molecular formula is C11H9Cl2N3OS2. The number of carbonyl (C=O) groups excluding carboxylic acids is 1. The van der Waals surface area contributed by atoms with Gasteiger partial charge >= 0.3 is 0 Å². The summed E-state index contributed by atoms with van der Waals surface area (Å²) in [6, 6.07) is 5.08. The van der Waals surface area contributed by atoms with Crippen LogP contribution in [0.1, 0.15) is 0 Å². The van der Waals surface area contributed by atoms with E-state index in [2.05, 4.69) is 10.3 Å². The number of nitrogens with zero attached hydrogens (tertiary/aromatic N) is 1. The molecule has 0 bridgehead atoms. The molecule has 4 nitrogen and oxygen atoms in total. The van der Waals surface area contributed by atoms with Gasteiger partial charge in [0.15, 0.2) is 5.13 Å². The van der Waals surface area contributed by atoms with E-state index in [0.29, 0.717) is 20.9 Å². The standard InChI is InChI=1S/C11H9Cl2N3OS2/c12-6-2-1-3-7(10(6)13)16-8(17)5-18-9-4-15-11(14)19-9/h1-4H,5H2,(H2,14,15)(H,16,17). The summed E-state index contributed by atoms with van der Waals surface area (Å²) in [5.74, 6) is 0.0888. The Morgan fingerprint density at radius 3 is 2.95 bits per heavy atom. The quantitative estimate of drug-likeness (QED) is 0.836. The third kappa shape index (κ3) is 4.01. The lowest BCUT2D eigenvalue weighted by Gasteiger charge is -2.07. The van der Waals surface area contributed by atoms with Gasteiger partial charge in [0.05, 0.1) is 31.9 Å². The maximum absolute atomic E-state index is 11.8. The van der Waals surface area contributed by atoms with Crippen molar-refractivity contribution >= 4 is 63.0 Å². The molecule has 100 valence electrons. The van der Waals surface area contributed by atoms with E-state index in [0.717, 1.165) is 4.21 Å². The van der Waals surface area contributed by atoms with Crippen LogP contribution in [0, 0.1) is 0 Å². The Labute approximate surface area is 128 Å². The fourth-order valence-electron chi connectivity index (χ4n) is 1.26. The van der Waals surface area contributed by atoms with Gasteiger partial charge in [-0.05, 0) is 12.1 Å². The monoisotopic (exact) mass is 333 g/mol. The Morgan fingerprint density at radius 1 is 1.47 bits per heavy atom. The van der Waals surface area contributed by atoms with Gasteiger partial charge < -0.3 is 11.1 Å². The summed E-state index contributed by atoms with van der Waals surface area (Å²) in [5, 5.41) is 3.93. The van der Waals surface area contributed by atoms with Gasteiger partial charge in [-0.15, -0.1) is 11.8 Å². The highest BCUT2D eigenvalue weighted by atomic mass is 35.5. The number of nitrogens with one attached hydrogen (secondary N) is 1. The molecule has 0 spiro atoms. The number of aromatic nitrogens is 1. The molecule has 0 unspecified atom stereocenters. The molecule has 2 aromatic rings. The number of amides is 1. The van der Waals surface area contributed by atoms with Crippen LogP contribution in [0.3, 0.4) is 0 Å². The predicted molar refractivity (Wildman–Crippen MR) is 82.3 cm³/mol. The summed E-state index contributed by atoms with van der Waals surface area (Å²) in [6.07, 6.45) is 1.64. The van der Waals surface area contributed by atoms with Gasteiger partial charge in [0.25, 0.3) is 0 Å². The number of halogens is 2. The molecule has 1 aromatic heterocycles. The molecule has 0 aliphatic heterocycles. The van der Waals surface area contributed by atoms with Crippen molar-refractivity contribution in [2.45, 2.75) is 4.21 Å². The Hall–Kier alpha value is -0.950. The molecule has 0 saturated carbocycles. The minimum atomic E-state index is -0.166. The van der Waals surface area contributed by atoms with Crippen molar-refractivity contribution in [3.63, 3.8) is 0 Å². The van der Waals surface area contributed by atoms with Crippen LogP contribution < -0.4 is 11.1 Å². The second-order valence-corrected chi connectivity index (χ2v) is 6.58. The number of rotatable bonds is 4. The van der Waals surface area contributed by atoms with Gasteiger partial charge in [-0.3, -0.25) is 4.79 Å². The van der Waals surface area contributed by atoms with Crippen LogP contribution in [0.2, 0.25) is 10.0 Å². The number of thioether (sulfide) groups is 1. The molecule has 2 rings (SSSR count). The highest BCUT2D eigenvalue weighted by molar-refractivity contribution is 8.01. The zero-order chi connectivity index (χ0) is 13.8. The van der Waals surface area contributed by atoms with Crippen LogP contribution in [0.25, 0.3) is 0 Å². The molecular weight excluding hydrogens is 325 g/mol. The average molecular weight is 334 g/mol. The van der Waals surface area contributed by atoms with Gasteiger partial charge in [-0.1, -0.05) is 40.6 Å². The number of anilines is 2. The van der Waals surface area contributed by atoms with E-state index in [9.17, 15) is 4.79 Å². The summed E-state index contributed by atoms with van der Waals surface area (Å²) < 4.78 is 0.893. The molecule has 0 atom stereocenters. The molecule has 3 N–H and O–H groups in total. The van der Waals surface area contributed by atoms with Crippen molar-refractivity contribution in [2.24, 2.45) is 0 Å². The van der Waals surface area contributed by atoms with E-state index in [4.69, 9.17) is 28.9 Å². The highest BCUT2D eigenvalue weighted by Crippen LogP contribution is 2.30. The van der Waals surface area contributed by atoms with Gasteiger partial charge in [0.1, 0.15) is 0 Å². The molecule has 0 saturated heterocycles. The molecule has 0 fully saturated rings. The zero-order valence-corrected chi connectivity index (χ0v) is 12.7. The minimum Gasteiger partial charge on any atom is -0.375 e. The van der Waals surface area contributed by atoms with Crippen molar-refractivity contribution in [2.75, 3.05) is 16.8 Å². The molecule has 0 aliphatic rings. The second-order valence-electron chi connectivity index (χ2n) is 3.46. The number of carbonyl (C=O) groups is 1. The van der Waals surface area contributed by atoms with E-state index in [1.165, 1.54) is 23.1 Å². The summed E-state index contributed by atoms with van der Waals surface area (Å²) in [7, 11) is 0. The first kappa shape index (κ1) is 14.5. The molecule has 1 heterocycles. The number of thiazole rings is 1. The maximum atomic E-state index is 11.8.